The number of benzene rings is 4. The van der Waals surface area contributed by atoms with Crippen molar-refractivity contribution in [2.45, 2.75) is 18.6 Å². The maximum absolute atomic E-state index is 6.48. The third kappa shape index (κ3) is 3.28. The molecule has 2 atom stereocenters. The van der Waals surface area contributed by atoms with Gasteiger partial charge in [-0.1, -0.05) is 103 Å². The predicted molar refractivity (Wildman–Crippen MR) is 129 cm³/mol. The maximum Gasteiger partial charge on any atom is 0.217 e. The van der Waals surface area contributed by atoms with Crippen LogP contribution in [0.2, 0.25) is 0 Å². The largest absolute Gasteiger partial charge is 0.471 e. The van der Waals surface area contributed by atoms with Gasteiger partial charge in [-0.3, -0.25) is 0 Å². The Morgan fingerprint density at radius 3 is 2.03 bits per heavy atom. The van der Waals surface area contributed by atoms with Gasteiger partial charge in [0.1, 0.15) is 12.1 Å². The van der Waals surface area contributed by atoms with Crippen molar-refractivity contribution in [3.63, 3.8) is 0 Å². The summed E-state index contributed by atoms with van der Waals surface area (Å²) in [5.41, 5.74) is 3.80. The van der Waals surface area contributed by atoms with E-state index in [9.17, 15) is 0 Å². The average molecular weight is 419 g/mol. The minimum atomic E-state index is -0.711. The first-order chi connectivity index (χ1) is 15.4. The molecule has 0 saturated carbocycles. The van der Waals surface area contributed by atoms with Crippen molar-refractivity contribution < 1.29 is 4.74 Å². The van der Waals surface area contributed by atoms with E-state index >= 15 is 0 Å². The van der Waals surface area contributed by atoms with Gasteiger partial charge >= 0.3 is 0 Å². The Balaban J connectivity index is 1.47. The van der Waals surface area contributed by atoms with E-state index in [1.54, 1.807) is 0 Å². The van der Waals surface area contributed by atoms with Crippen molar-refractivity contribution in [3.05, 3.63) is 126 Å². The Labute approximate surface area is 184 Å². The van der Waals surface area contributed by atoms with Crippen LogP contribution in [0, 0.1) is 0 Å². The SMILES string of the molecule is c1ccc(P(c2ccccc2)c2ccccc2C2=N[C@H]3c4ccccc4C[C@H]3O2)cc1. The predicted octanol–water partition coefficient (Wildman–Crippen LogP) is 4.89. The lowest BCUT2D eigenvalue weighted by atomic mass is 10.1. The van der Waals surface area contributed by atoms with E-state index in [4.69, 9.17) is 9.73 Å². The van der Waals surface area contributed by atoms with Gasteiger partial charge in [0.15, 0.2) is 0 Å². The quantitative estimate of drug-likeness (QED) is 0.432. The van der Waals surface area contributed by atoms with Crippen LogP contribution in [-0.2, 0) is 11.2 Å². The molecule has 2 aliphatic rings. The number of hydrogen-bond donors (Lipinski definition) is 0. The molecule has 0 bridgehead atoms. The number of nitrogens with zero attached hydrogens (tertiary/aromatic N) is 1. The molecular formula is C28H22NOP. The van der Waals surface area contributed by atoms with E-state index in [1.165, 1.54) is 27.0 Å². The minimum absolute atomic E-state index is 0.110. The van der Waals surface area contributed by atoms with E-state index in [0.717, 1.165) is 17.9 Å². The molecule has 3 heteroatoms. The highest BCUT2D eigenvalue weighted by Gasteiger charge is 2.40. The first-order valence-electron chi connectivity index (χ1n) is 10.7. The molecule has 0 aromatic heterocycles. The lowest BCUT2D eigenvalue weighted by molar-refractivity contribution is 0.206. The van der Waals surface area contributed by atoms with Crippen LogP contribution in [-0.4, -0.2) is 12.0 Å². The van der Waals surface area contributed by atoms with Crippen LogP contribution in [0.15, 0.2) is 114 Å². The summed E-state index contributed by atoms with van der Waals surface area (Å²) in [5.74, 6) is 0.791. The zero-order valence-corrected chi connectivity index (χ0v) is 18.0. The summed E-state index contributed by atoms with van der Waals surface area (Å²) in [6.07, 6.45) is 1.04. The molecule has 1 heterocycles. The fourth-order valence-corrected chi connectivity index (χ4v) is 7.10. The zero-order chi connectivity index (χ0) is 20.6. The molecule has 0 spiro atoms. The van der Waals surface area contributed by atoms with Crippen LogP contribution in [0.1, 0.15) is 22.7 Å². The number of ether oxygens (including phenoxy) is 1. The summed E-state index contributed by atoms with van der Waals surface area (Å²) in [7, 11) is -0.711. The highest BCUT2D eigenvalue weighted by Crippen LogP contribution is 2.42. The van der Waals surface area contributed by atoms with Crippen LogP contribution < -0.4 is 15.9 Å². The molecule has 4 aromatic carbocycles. The van der Waals surface area contributed by atoms with E-state index in [1.807, 2.05) is 0 Å². The van der Waals surface area contributed by atoms with Gasteiger partial charge in [-0.25, -0.2) is 4.99 Å². The number of hydrogen-bond acceptors (Lipinski definition) is 2. The van der Waals surface area contributed by atoms with Crippen molar-refractivity contribution in [1.82, 2.24) is 0 Å². The monoisotopic (exact) mass is 419 g/mol. The minimum Gasteiger partial charge on any atom is -0.471 e. The van der Waals surface area contributed by atoms with Gasteiger partial charge in [-0.05, 0) is 41.0 Å². The summed E-state index contributed by atoms with van der Waals surface area (Å²) in [6.45, 7) is 0. The van der Waals surface area contributed by atoms with Gasteiger partial charge in [-0.2, -0.15) is 0 Å². The van der Waals surface area contributed by atoms with E-state index in [2.05, 4.69) is 109 Å². The van der Waals surface area contributed by atoms with Gasteiger partial charge < -0.3 is 4.74 Å². The molecule has 0 fully saturated rings. The third-order valence-corrected chi connectivity index (χ3v) is 8.57. The van der Waals surface area contributed by atoms with Crippen LogP contribution in [0.4, 0.5) is 0 Å². The van der Waals surface area contributed by atoms with Gasteiger partial charge in [-0.15, -0.1) is 0 Å². The first kappa shape index (κ1) is 18.5. The van der Waals surface area contributed by atoms with Gasteiger partial charge in [0.05, 0.1) is 0 Å². The smallest absolute Gasteiger partial charge is 0.217 e. The van der Waals surface area contributed by atoms with Crippen molar-refractivity contribution in [3.8, 4) is 0 Å². The topological polar surface area (TPSA) is 21.6 Å². The molecule has 0 saturated heterocycles. The maximum atomic E-state index is 6.48. The van der Waals surface area contributed by atoms with Crippen molar-refractivity contribution in [1.29, 1.82) is 0 Å². The first-order valence-corrected chi connectivity index (χ1v) is 12.0. The van der Waals surface area contributed by atoms with E-state index in [-0.39, 0.29) is 12.1 Å². The van der Waals surface area contributed by atoms with Crippen LogP contribution in [0.3, 0.4) is 0 Å². The average Bonchev–Trinajstić information content (AvgIpc) is 3.39. The molecule has 0 N–H and O–H groups in total. The van der Waals surface area contributed by atoms with E-state index < -0.39 is 7.92 Å². The fourth-order valence-electron chi connectivity index (χ4n) is 4.66. The summed E-state index contributed by atoms with van der Waals surface area (Å²) in [5, 5.41) is 3.96. The molecular weight excluding hydrogens is 397 g/mol. The highest BCUT2D eigenvalue weighted by molar-refractivity contribution is 7.80. The van der Waals surface area contributed by atoms with Crippen molar-refractivity contribution in [2.75, 3.05) is 0 Å². The standard InChI is InChI=1S/C28H22NOP/c1-3-12-21(13-4-1)31(22-14-5-2-6-15-22)26-18-10-9-17-24(26)28-29-27-23-16-8-7-11-20(23)19-25(27)30-28/h1-18,25,27H,19H2/t25-,27+/m1/s1. The van der Waals surface area contributed by atoms with Crippen molar-refractivity contribution >= 4 is 29.7 Å². The summed E-state index contributed by atoms with van der Waals surface area (Å²) in [6, 6.07) is 39.0. The van der Waals surface area contributed by atoms with Gasteiger partial charge in [0.2, 0.25) is 5.90 Å². The number of aliphatic imine (C=N–C) groups is 1. The second kappa shape index (κ2) is 7.80. The molecule has 150 valence electrons. The van der Waals surface area contributed by atoms with Crippen LogP contribution in [0.5, 0.6) is 0 Å². The Hall–Kier alpha value is -3.22. The van der Waals surface area contributed by atoms with Gasteiger partial charge in [0.25, 0.3) is 0 Å². The fraction of sp³-hybridized carbons (Fsp3) is 0.107. The third-order valence-electron chi connectivity index (χ3n) is 6.07. The molecule has 2 nitrogen and oxygen atoms in total. The summed E-state index contributed by atoms with van der Waals surface area (Å²) < 4.78 is 6.48. The Kier molecular flexibility index (Phi) is 4.66. The molecule has 0 amide bonds. The van der Waals surface area contributed by atoms with E-state index in [0.29, 0.717) is 0 Å². The molecule has 1 aliphatic carbocycles. The molecule has 0 radical (unpaired) electrons. The molecule has 31 heavy (non-hydrogen) atoms. The van der Waals surface area contributed by atoms with Crippen LogP contribution >= 0.6 is 7.92 Å². The molecule has 4 aromatic rings. The highest BCUT2D eigenvalue weighted by atomic mass is 31.1. The second-order valence-corrected chi connectivity index (χ2v) is 10.1. The Morgan fingerprint density at radius 1 is 0.677 bits per heavy atom. The lowest BCUT2D eigenvalue weighted by Gasteiger charge is -2.22. The van der Waals surface area contributed by atoms with Gasteiger partial charge in [0, 0.05) is 12.0 Å². The zero-order valence-electron chi connectivity index (χ0n) is 17.1. The summed E-state index contributed by atoms with van der Waals surface area (Å²) in [4.78, 5) is 5.10. The van der Waals surface area contributed by atoms with Crippen LogP contribution in [0.25, 0.3) is 0 Å². The molecule has 0 unspecified atom stereocenters. The normalized spacial score (nSPS) is 18.9. The second-order valence-electron chi connectivity index (χ2n) is 7.96. The molecule has 1 aliphatic heterocycles. The Morgan fingerprint density at radius 2 is 1.29 bits per heavy atom. The Bertz CT molecular complexity index is 1210. The van der Waals surface area contributed by atoms with Crippen molar-refractivity contribution in [2.24, 2.45) is 4.99 Å². The number of rotatable bonds is 4. The number of fused-ring (bicyclic) bond motifs is 3. The molecule has 6 rings (SSSR count). The lowest BCUT2D eigenvalue weighted by Crippen LogP contribution is -2.26. The summed E-state index contributed by atoms with van der Waals surface area (Å²) >= 11 is 0.